The molecule has 0 aliphatic carbocycles. The Morgan fingerprint density at radius 3 is 2.62 bits per heavy atom. The molecule has 5 heteroatoms. The number of amides is 2. The van der Waals surface area contributed by atoms with Crippen molar-refractivity contribution in [3.8, 4) is 0 Å². The van der Waals surface area contributed by atoms with Gasteiger partial charge in [-0.15, -0.1) is 0 Å². The average Bonchev–Trinajstić information content (AvgIpc) is 2.72. The second-order valence-electron chi connectivity index (χ2n) is 7.66. The number of likely N-dealkylation sites (tertiary alicyclic amines) is 1. The third kappa shape index (κ3) is 5.56. The number of benzene rings is 1. The lowest BCUT2D eigenvalue weighted by molar-refractivity contribution is -0.133. The van der Waals surface area contributed by atoms with Crippen LogP contribution in [0.4, 0.5) is 0 Å². The van der Waals surface area contributed by atoms with Crippen LogP contribution in [0.5, 0.6) is 0 Å². The van der Waals surface area contributed by atoms with Crippen molar-refractivity contribution in [2.24, 2.45) is 11.8 Å². The molecular formula is C21H31N3O2. The second-order valence-corrected chi connectivity index (χ2v) is 7.66. The number of piperidine rings is 2. The zero-order valence-electron chi connectivity index (χ0n) is 15.6. The predicted molar refractivity (Wildman–Crippen MR) is 103 cm³/mol. The van der Waals surface area contributed by atoms with E-state index in [0.717, 1.165) is 45.4 Å². The van der Waals surface area contributed by atoms with Crippen LogP contribution >= 0.6 is 0 Å². The smallest absolute Gasteiger partial charge is 0.251 e. The maximum absolute atomic E-state index is 12.6. The Morgan fingerprint density at radius 2 is 1.85 bits per heavy atom. The molecule has 2 amide bonds. The van der Waals surface area contributed by atoms with E-state index >= 15 is 0 Å². The van der Waals surface area contributed by atoms with E-state index in [0.29, 0.717) is 36.3 Å². The molecule has 0 radical (unpaired) electrons. The van der Waals surface area contributed by atoms with E-state index in [1.54, 1.807) is 0 Å². The van der Waals surface area contributed by atoms with Gasteiger partial charge in [0.25, 0.3) is 5.91 Å². The van der Waals surface area contributed by atoms with Gasteiger partial charge in [0.15, 0.2) is 0 Å². The van der Waals surface area contributed by atoms with Crippen LogP contribution in [0.2, 0.25) is 0 Å². The van der Waals surface area contributed by atoms with Gasteiger partial charge >= 0.3 is 0 Å². The van der Waals surface area contributed by atoms with Gasteiger partial charge in [-0.2, -0.15) is 0 Å². The van der Waals surface area contributed by atoms with Crippen LogP contribution in [0.15, 0.2) is 30.3 Å². The highest BCUT2D eigenvalue weighted by Crippen LogP contribution is 2.21. The summed E-state index contributed by atoms with van der Waals surface area (Å²) in [5.74, 6) is 1.33. The van der Waals surface area contributed by atoms with E-state index in [9.17, 15) is 9.59 Å². The molecule has 1 aromatic rings. The van der Waals surface area contributed by atoms with Crippen molar-refractivity contribution in [3.63, 3.8) is 0 Å². The summed E-state index contributed by atoms with van der Waals surface area (Å²) in [6, 6.07) is 9.31. The quantitative estimate of drug-likeness (QED) is 0.822. The first-order valence-electron chi connectivity index (χ1n) is 10.0. The minimum atomic E-state index is -0.0278. The molecule has 1 aromatic carbocycles. The van der Waals surface area contributed by atoms with E-state index in [1.165, 1.54) is 12.8 Å². The Bertz CT molecular complexity index is 584. The highest BCUT2D eigenvalue weighted by Gasteiger charge is 2.24. The Hall–Kier alpha value is -1.88. The first-order chi connectivity index (χ1) is 12.7. The van der Waals surface area contributed by atoms with Gasteiger partial charge in [0, 0.05) is 31.6 Å². The SMILES string of the molecule is O=C(NCC1CCCN(C(=O)CCC2CCNCC2)C1)c1ccccc1. The van der Waals surface area contributed by atoms with Gasteiger partial charge in [-0.3, -0.25) is 9.59 Å². The maximum atomic E-state index is 12.6. The van der Waals surface area contributed by atoms with Crippen molar-refractivity contribution in [1.29, 1.82) is 0 Å². The summed E-state index contributed by atoms with van der Waals surface area (Å²) in [6.07, 6.45) is 6.20. The molecular weight excluding hydrogens is 326 g/mol. The van der Waals surface area contributed by atoms with Gasteiger partial charge in [-0.1, -0.05) is 18.2 Å². The fourth-order valence-electron chi connectivity index (χ4n) is 4.04. The summed E-state index contributed by atoms with van der Waals surface area (Å²) >= 11 is 0. The molecule has 1 unspecified atom stereocenters. The predicted octanol–water partition coefficient (Wildman–Crippen LogP) is 2.43. The van der Waals surface area contributed by atoms with Gasteiger partial charge in [-0.05, 0) is 69.2 Å². The minimum Gasteiger partial charge on any atom is -0.352 e. The van der Waals surface area contributed by atoms with Crippen LogP contribution in [0.3, 0.4) is 0 Å². The van der Waals surface area contributed by atoms with Crippen LogP contribution in [0, 0.1) is 11.8 Å². The van der Waals surface area contributed by atoms with E-state index in [4.69, 9.17) is 0 Å². The van der Waals surface area contributed by atoms with Crippen molar-refractivity contribution in [1.82, 2.24) is 15.5 Å². The van der Waals surface area contributed by atoms with Gasteiger partial charge in [-0.25, -0.2) is 0 Å². The number of hydrogen-bond donors (Lipinski definition) is 2. The monoisotopic (exact) mass is 357 g/mol. The first kappa shape index (κ1) is 18.9. The molecule has 0 saturated carbocycles. The molecule has 0 spiro atoms. The number of carbonyl (C=O) groups excluding carboxylic acids is 2. The van der Waals surface area contributed by atoms with Crippen LogP contribution < -0.4 is 10.6 Å². The van der Waals surface area contributed by atoms with Crippen molar-refractivity contribution in [2.75, 3.05) is 32.7 Å². The topological polar surface area (TPSA) is 61.4 Å². The molecule has 26 heavy (non-hydrogen) atoms. The summed E-state index contributed by atoms with van der Waals surface area (Å²) in [7, 11) is 0. The van der Waals surface area contributed by atoms with Gasteiger partial charge in [0.05, 0.1) is 0 Å². The fourth-order valence-corrected chi connectivity index (χ4v) is 4.04. The Morgan fingerprint density at radius 1 is 1.08 bits per heavy atom. The summed E-state index contributed by atoms with van der Waals surface area (Å²) in [5, 5.41) is 6.40. The highest BCUT2D eigenvalue weighted by atomic mass is 16.2. The molecule has 2 N–H and O–H groups in total. The van der Waals surface area contributed by atoms with Crippen LogP contribution in [-0.4, -0.2) is 49.4 Å². The molecule has 5 nitrogen and oxygen atoms in total. The molecule has 3 rings (SSSR count). The van der Waals surface area contributed by atoms with Crippen LogP contribution in [-0.2, 0) is 4.79 Å². The number of carbonyl (C=O) groups is 2. The van der Waals surface area contributed by atoms with Gasteiger partial charge < -0.3 is 15.5 Å². The number of hydrogen-bond acceptors (Lipinski definition) is 3. The largest absolute Gasteiger partial charge is 0.352 e. The second kappa shape index (κ2) is 9.72. The number of nitrogens with one attached hydrogen (secondary N) is 2. The normalized spacial score (nSPS) is 21.4. The lowest BCUT2D eigenvalue weighted by Crippen LogP contribution is -2.43. The highest BCUT2D eigenvalue weighted by molar-refractivity contribution is 5.94. The van der Waals surface area contributed by atoms with Crippen molar-refractivity contribution >= 4 is 11.8 Å². The molecule has 2 aliphatic heterocycles. The molecule has 0 aromatic heterocycles. The molecule has 0 bridgehead atoms. The fraction of sp³-hybridized carbons (Fsp3) is 0.619. The van der Waals surface area contributed by atoms with Crippen molar-refractivity contribution in [2.45, 2.75) is 38.5 Å². The summed E-state index contributed by atoms with van der Waals surface area (Å²) in [5.41, 5.74) is 0.693. The number of nitrogens with zero attached hydrogens (tertiary/aromatic N) is 1. The molecule has 2 heterocycles. The Balaban J connectivity index is 1.40. The zero-order chi connectivity index (χ0) is 18.2. The molecule has 142 valence electrons. The molecule has 1 atom stereocenters. The van der Waals surface area contributed by atoms with E-state index in [2.05, 4.69) is 10.6 Å². The maximum Gasteiger partial charge on any atom is 0.251 e. The van der Waals surface area contributed by atoms with Crippen molar-refractivity contribution in [3.05, 3.63) is 35.9 Å². The Labute approximate surface area is 156 Å². The van der Waals surface area contributed by atoms with Crippen molar-refractivity contribution < 1.29 is 9.59 Å². The lowest BCUT2D eigenvalue weighted by atomic mass is 9.92. The van der Waals surface area contributed by atoms with Crippen LogP contribution in [0.1, 0.15) is 48.9 Å². The summed E-state index contributed by atoms with van der Waals surface area (Å²) in [4.78, 5) is 26.8. The van der Waals surface area contributed by atoms with Crippen LogP contribution in [0.25, 0.3) is 0 Å². The standard InChI is InChI=1S/C21H31N3O2/c25-20(9-8-17-10-12-22-13-11-17)24-14-4-5-18(16-24)15-23-21(26)19-6-2-1-3-7-19/h1-3,6-7,17-18,22H,4-5,8-16H2,(H,23,26). The molecule has 2 fully saturated rings. The molecule has 2 aliphatic rings. The van der Waals surface area contributed by atoms with Gasteiger partial charge in [0.1, 0.15) is 0 Å². The van der Waals surface area contributed by atoms with E-state index in [1.807, 2.05) is 35.2 Å². The third-order valence-electron chi connectivity index (χ3n) is 5.68. The summed E-state index contributed by atoms with van der Waals surface area (Å²) in [6.45, 7) is 4.47. The van der Waals surface area contributed by atoms with E-state index < -0.39 is 0 Å². The average molecular weight is 357 g/mol. The Kier molecular flexibility index (Phi) is 7.06. The zero-order valence-corrected chi connectivity index (χ0v) is 15.6. The van der Waals surface area contributed by atoms with E-state index in [-0.39, 0.29) is 5.91 Å². The lowest BCUT2D eigenvalue weighted by Gasteiger charge is -2.33. The number of rotatable bonds is 6. The molecule has 2 saturated heterocycles. The first-order valence-corrected chi connectivity index (χ1v) is 10.0. The summed E-state index contributed by atoms with van der Waals surface area (Å²) < 4.78 is 0. The minimum absolute atomic E-state index is 0.0278. The third-order valence-corrected chi connectivity index (χ3v) is 5.68. The van der Waals surface area contributed by atoms with Gasteiger partial charge in [0.2, 0.25) is 5.91 Å².